The standard InChI is InChI=1S/C21H29N3O2S/c1-16(14-21(25)23-17-7-9-18(26-2)10-8-17)22-15-19(20-6-5-13-27-20)24-11-3-4-12-24/h5-10,13,16,19,22H,3-4,11-12,14-15H2,1-2H3,(H,23,25)/t16-,19-/m1/s1. The van der Waals surface area contributed by atoms with Crippen LogP contribution in [0.2, 0.25) is 0 Å². The van der Waals surface area contributed by atoms with E-state index < -0.39 is 0 Å². The summed E-state index contributed by atoms with van der Waals surface area (Å²) >= 11 is 1.82. The smallest absolute Gasteiger partial charge is 0.225 e. The maximum atomic E-state index is 12.3. The van der Waals surface area contributed by atoms with Crippen LogP contribution in [-0.2, 0) is 4.79 Å². The van der Waals surface area contributed by atoms with Crippen LogP contribution in [0.3, 0.4) is 0 Å². The molecule has 1 aliphatic heterocycles. The van der Waals surface area contributed by atoms with Gasteiger partial charge in [0.15, 0.2) is 0 Å². The molecule has 1 aromatic heterocycles. The van der Waals surface area contributed by atoms with Gasteiger partial charge >= 0.3 is 0 Å². The molecule has 2 aromatic rings. The molecule has 1 fully saturated rings. The number of likely N-dealkylation sites (tertiary alicyclic amines) is 1. The van der Waals surface area contributed by atoms with E-state index in [1.807, 2.05) is 35.6 Å². The molecule has 27 heavy (non-hydrogen) atoms. The summed E-state index contributed by atoms with van der Waals surface area (Å²) in [7, 11) is 1.63. The fourth-order valence-electron chi connectivity index (χ4n) is 3.49. The van der Waals surface area contributed by atoms with Crippen molar-refractivity contribution in [3.05, 3.63) is 46.7 Å². The molecule has 3 rings (SSSR count). The summed E-state index contributed by atoms with van der Waals surface area (Å²) in [5.74, 6) is 0.804. The third-order valence-electron chi connectivity index (χ3n) is 4.98. The normalized spacial score (nSPS) is 16.8. The first kappa shape index (κ1) is 19.9. The molecule has 0 aliphatic carbocycles. The monoisotopic (exact) mass is 387 g/mol. The number of amides is 1. The van der Waals surface area contributed by atoms with Gasteiger partial charge in [0.1, 0.15) is 5.75 Å². The minimum atomic E-state index is 0.0222. The second-order valence-electron chi connectivity index (χ2n) is 7.06. The number of carbonyl (C=O) groups excluding carboxylic acids is 1. The Morgan fingerprint density at radius 1 is 1.22 bits per heavy atom. The van der Waals surface area contributed by atoms with Crippen LogP contribution in [0.1, 0.15) is 37.1 Å². The van der Waals surface area contributed by atoms with Crippen molar-refractivity contribution in [2.75, 3.05) is 32.1 Å². The molecule has 2 heterocycles. The Balaban J connectivity index is 1.48. The van der Waals surface area contributed by atoms with Gasteiger partial charge in [-0.05, 0) is 68.6 Å². The molecule has 6 heteroatoms. The zero-order valence-corrected chi connectivity index (χ0v) is 16.9. The Labute approximate surface area is 165 Å². The largest absolute Gasteiger partial charge is 0.497 e. The van der Waals surface area contributed by atoms with Crippen molar-refractivity contribution >= 4 is 22.9 Å². The number of nitrogens with one attached hydrogen (secondary N) is 2. The second-order valence-corrected chi connectivity index (χ2v) is 8.04. The fourth-order valence-corrected chi connectivity index (χ4v) is 4.35. The summed E-state index contributed by atoms with van der Waals surface area (Å²) in [5, 5.41) is 8.66. The molecule has 0 spiro atoms. The lowest BCUT2D eigenvalue weighted by molar-refractivity contribution is -0.116. The number of rotatable bonds is 9. The van der Waals surface area contributed by atoms with Gasteiger partial charge in [-0.3, -0.25) is 9.69 Å². The van der Waals surface area contributed by atoms with E-state index in [0.29, 0.717) is 12.5 Å². The highest BCUT2D eigenvalue weighted by molar-refractivity contribution is 7.10. The number of anilines is 1. The molecular formula is C21H29N3O2S. The Bertz CT molecular complexity index is 697. The van der Waals surface area contributed by atoms with Gasteiger partial charge in [-0.1, -0.05) is 6.07 Å². The highest BCUT2D eigenvalue weighted by Gasteiger charge is 2.24. The van der Waals surface area contributed by atoms with Gasteiger partial charge < -0.3 is 15.4 Å². The number of thiophene rings is 1. The summed E-state index contributed by atoms with van der Waals surface area (Å²) in [6.45, 7) is 5.27. The van der Waals surface area contributed by atoms with Gasteiger partial charge in [-0.25, -0.2) is 0 Å². The third kappa shape index (κ3) is 5.79. The Hall–Kier alpha value is -1.89. The first-order chi connectivity index (χ1) is 13.2. The first-order valence-electron chi connectivity index (χ1n) is 9.60. The number of hydrogen-bond acceptors (Lipinski definition) is 5. The minimum Gasteiger partial charge on any atom is -0.497 e. The van der Waals surface area contributed by atoms with E-state index in [-0.39, 0.29) is 11.9 Å². The van der Waals surface area contributed by atoms with Gasteiger partial charge in [-0.15, -0.1) is 11.3 Å². The molecular weight excluding hydrogens is 358 g/mol. The summed E-state index contributed by atoms with van der Waals surface area (Å²) in [5.41, 5.74) is 0.793. The summed E-state index contributed by atoms with van der Waals surface area (Å²) in [6, 6.07) is 12.3. The molecule has 1 saturated heterocycles. The molecule has 5 nitrogen and oxygen atoms in total. The predicted octanol–water partition coefficient (Wildman–Crippen LogP) is 3.90. The summed E-state index contributed by atoms with van der Waals surface area (Å²) in [4.78, 5) is 16.3. The number of nitrogens with zero attached hydrogens (tertiary/aromatic N) is 1. The predicted molar refractivity (Wildman–Crippen MR) is 112 cm³/mol. The lowest BCUT2D eigenvalue weighted by Gasteiger charge is -2.28. The Morgan fingerprint density at radius 3 is 2.59 bits per heavy atom. The minimum absolute atomic E-state index is 0.0222. The molecule has 1 amide bonds. The number of methoxy groups -OCH3 is 1. The Morgan fingerprint density at radius 2 is 1.96 bits per heavy atom. The topological polar surface area (TPSA) is 53.6 Å². The summed E-state index contributed by atoms with van der Waals surface area (Å²) < 4.78 is 5.14. The average molecular weight is 388 g/mol. The van der Waals surface area contributed by atoms with Gasteiger partial charge in [-0.2, -0.15) is 0 Å². The van der Waals surface area contributed by atoms with Crippen molar-refractivity contribution in [2.24, 2.45) is 0 Å². The van der Waals surface area contributed by atoms with Crippen LogP contribution in [0, 0.1) is 0 Å². The summed E-state index contributed by atoms with van der Waals surface area (Å²) in [6.07, 6.45) is 3.01. The van der Waals surface area contributed by atoms with E-state index in [1.165, 1.54) is 17.7 Å². The molecule has 1 aliphatic rings. The highest BCUT2D eigenvalue weighted by atomic mass is 32.1. The molecule has 0 unspecified atom stereocenters. The maximum Gasteiger partial charge on any atom is 0.225 e. The molecule has 2 N–H and O–H groups in total. The SMILES string of the molecule is COc1ccc(NC(=O)C[C@@H](C)NC[C@H](c2cccs2)N2CCCC2)cc1. The highest BCUT2D eigenvalue weighted by Crippen LogP contribution is 2.28. The lowest BCUT2D eigenvalue weighted by atomic mass is 10.1. The molecule has 1 aromatic carbocycles. The molecule has 0 bridgehead atoms. The van der Waals surface area contributed by atoms with Crippen LogP contribution in [0.25, 0.3) is 0 Å². The van der Waals surface area contributed by atoms with Crippen molar-refractivity contribution in [3.8, 4) is 5.75 Å². The molecule has 0 radical (unpaired) electrons. The van der Waals surface area contributed by atoms with Crippen LogP contribution in [0.4, 0.5) is 5.69 Å². The van der Waals surface area contributed by atoms with E-state index in [9.17, 15) is 4.79 Å². The fraction of sp³-hybridized carbons (Fsp3) is 0.476. The third-order valence-corrected chi connectivity index (χ3v) is 5.95. The van der Waals surface area contributed by atoms with Crippen LogP contribution in [0.5, 0.6) is 5.75 Å². The lowest BCUT2D eigenvalue weighted by Crippen LogP contribution is -2.38. The van der Waals surface area contributed by atoms with Crippen LogP contribution in [0.15, 0.2) is 41.8 Å². The van der Waals surface area contributed by atoms with Crippen LogP contribution < -0.4 is 15.4 Å². The quantitative estimate of drug-likeness (QED) is 0.685. The average Bonchev–Trinajstić information content (AvgIpc) is 3.37. The number of carbonyl (C=O) groups is 1. The molecule has 146 valence electrons. The van der Waals surface area contributed by atoms with Gasteiger partial charge in [0.05, 0.1) is 13.2 Å². The van der Waals surface area contributed by atoms with Crippen molar-refractivity contribution in [2.45, 2.75) is 38.3 Å². The number of benzene rings is 1. The van der Waals surface area contributed by atoms with Crippen molar-refractivity contribution in [1.29, 1.82) is 0 Å². The number of ether oxygens (including phenoxy) is 1. The van der Waals surface area contributed by atoms with E-state index in [0.717, 1.165) is 31.1 Å². The molecule has 0 saturated carbocycles. The van der Waals surface area contributed by atoms with Crippen LogP contribution in [-0.4, -0.2) is 43.6 Å². The van der Waals surface area contributed by atoms with Crippen molar-refractivity contribution in [1.82, 2.24) is 10.2 Å². The van der Waals surface area contributed by atoms with Crippen molar-refractivity contribution < 1.29 is 9.53 Å². The van der Waals surface area contributed by atoms with Gasteiger partial charge in [0, 0.05) is 29.6 Å². The first-order valence-corrected chi connectivity index (χ1v) is 10.5. The van der Waals surface area contributed by atoms with Gasteiger partial charge in [0.25, 0.3) is 0 Å². The van der Waals surface area contributed by atoms with Crippen LogP contribution >= 0.6 is 11.3 Å². The maximum absolute atomic E-state index is 12.3. The van der Waals surface area contributed by atoms with E-state index in [4.69, 9.17) is 4.74 Å². The second kappa shape index (κ2) is 9.88. The van der Waals surface area contributed by atoms with E-state index in [2.05, 4.69) is 40.0 Å². The van der Waals surface area contributed by atoms with E-state index >= 15 is 0 Å². The zero-order valence-electron chi connectivity index (χ0n) is 16.1. The number of hydrogen-bond donors (Lipinski definition) is 2. The Kier molecular flexibility index (Phi) is 7.26. The molecule has 2 atom stereocenters. The zero-order chi connectivity index (χ0) is 19.1. The van der Waals surface area contributed by atoms with Crippen molar-refractivity contribution in [3.63, 3.8) is 0 Å². The van der Waals surface area contributed by atoms with E-state index in [1.54, 1.807) is 7.11 Å². The van der Waals surface area contributed by atoms with Gasteiger partial charge in [0.2, 0.25) is 5.91 Å².